The molecule has 2 aromatic rings. The number of rotatable bonds is 6. The highest BCUT2D eigenvalue weighted by Crippen LogP contribution is 2.27. The number of amides is 1. The van der Waals surface area contributed by atoms with Crippen LogP contribution < -0.4 is 10.1 Å². The molecule has 0 fully saturated rings. The van der Waals surface area contributed by atoms with E-state index in [-0.39, 0.29) is 17.9 Å². The summed E-state index contributed by atoms with van der Waals surface area (Å²) in [6, 6.07) is 7.37. The van der Waals surface area contributed by atoms with Crippen molar-refractivity contribution < 1.29 is 27.8 Å². The molecule has 7 heteroatoms. The number of carbonyl (C=O) groups excluding carboxylic acids is 1. The third kappa shape index (κ3) is 4.11. The van der Waals surface area contributed by atoms with Gasteiger partial charge in [-0.05, 0) is 39.0 Å². The summed E-state index contributed by atoms with van der Waals surface area (Å²) >= 11 is 0. The van der Waals surface area contributed by atoms with Gasteiger partial charge in [-0.2, -0.15) is 8.78 Å². The number of ether oxygens (including phenoxy) is 1. The Kier molecular flexibility index (Phi) is 5.23. The predicted molar refractivity (Wildman–Crippen MR) is 83.2 cm³/mol. The van der Waals surface area contributed by atoms with E-state index in [0.717, 1.165) is 0 Å². The first-order chi connectivity index (χ1) is 11.2. The molecule has 1 heterocycles. The van der Waals surface area contributed by atoms with Crippen LogP contribution in [0.15, 0.2) is 34.7 Å². The van der Waals surface area contributed by atoms with Gasteiger partial charge in [0.15, 0.2) is 0 Å². The Bertz CT molecular complexity index is 725. The van der Waals surface area contributed by atoms with Crippen molar-refractivity contribution in [3.05, 3.63) is 53.0 Å². The molecule has 0 spiro atoms. The molecule has 1 aromatic carbocycles. The van der Waals surface area contributed by atoms with Crippen LogP contribution in [0.4, 0.5) is 8.78 Å². The third-order valence-corrected chi connectivity index (χ3v) is 3.56. The highest BCUT2D eigenvalue weighted by Gasteiger charge is 2.28. The van der Waals surface area contributed by atoms with Crippen LogP contribution in [0, 0.1) is 13.8 Å². The summed E-state index contributed by atoms with van der Waals surface area (Å²) < 4.78 is 34.5. The molecule has 130 valence electrons. The summed E-state index contributed by atoms with van der Waals surface area (Å²) in [4.78, 5) is 12.2. The molecule has 2 rings (SSSR count). The van der Waals surface area contributed by atoms with Crippen LogP contribution in [0.3, 0.4) is 0 Å². The van der Waals surface area contributed by atoms with Crippen molar-refractivity contribution in [1.29, 1.82) is 0 Å². The molecule has 0 saturated heterocycles. The van der Waals surface area contributed by atoms with Gasteiger partial charge in [0.25, 0.3) is 5.91 Å². The van der Waals surface area contributed by atoms with Gasteiger partial charge in [0, 0.05) is 5.56 Å². The van der Waals surface area contributed by atoms with E-state index in [1.54, 1.807) is 19.9 Å². The minimum absolute atomic E-state index is 0.0336. The molecule has 0 aliphatic rings. The lowest BCUT2D eigenvalue weighted by molar-refractivity contribution is -0.0502. The van der Waals surface area contributed by atoms with Crippen LogP contribution in [0.1, 0.15) is 34.4 Å². The highest BCUT2D eigenvalue weighted by molar-refractivity contribution is 5.96. The smallest absolute Gasteiger partial charge is 0.387 e. The van der Waals surface area contributed by atoms with Crippen molar-refractivity contribution in [3.8, 4) is 5.75 Å². The average molecular weight is 339 g/mol. The number of hydrogen-bond acceptors (Lipinski definition) is 4. The third-order valence-electron chi connectivity index (χ3n) is 3.56. The van der Waals surface area contributed by atoms with Gasteiger partial charge in [0.1, 0.15) is 22.9 Å². The largest absolute Gasteiger partial charge is 0.466 e. The molecule has 1 amide bonds. The van der Waals surface area contributed by atoms with Gasteiger partial charge in [-0.1, -0.05) is 12.1 Å². The van der Waals surface area contributed by atoms with Crippen molar-refractivity contribution in [2.24, 2.45) is 0 Å². The van der Waals surface area contributed by atoms with Crippen molar-refractivity contribution in [1.82, 2.24) is 5.32 Å². The fourth-order valence-corrected chi connectivity index (χ4v) is 2.46. The summed E-state index contributed by atoms with van der Waals surface area (Å²) in [7, 11) is 0. The van der Waals surface area contributed by atoms with Gasteiger partial charge in [-0.15, -0.1) is 0 Å². The lowest BCUT2D eigenvalue weighted by Gasteiger charge is -2.23. The van der Waals surface area contributed by atoms with Crippen LogP contribution in [-0.4, -0.2) is 24.2 Å². The molecule has 0 saturated carbocycles. The molecule has 0 unspecified atom stereocenters. The standard InChI is InChI=1S/C17H19F2NO4/c1-10-8-13(11(2)23-10)17(3,22)9-20-15(21)12-6-4-5-7-14(12)24-16(18)19/h4-8,16,22H,9H2,1-3H3,(H,20,21)/t17-/m1/s1. The molecular weight excluding hydrogens is 320 g/mol. The molecule has 1 aromatic heterocycles. The van der Waals surface area contributed by atoms with Crippen LogP contribution >= 0.6 is 0 Å². The van der Waals surface area contributed by atoms with Crippen molar-refractivity contribution in [2.45, 2.75) is 33.0 Å². The van der Waals surface area contributed by atoms with Crippen LogP contribution in [0.2, 0.25) is 0 Å². The summed E-state index contributed by atoms with van der Waals surface area (Å²) in [5.74, 6) is 0.349. The maximum atomic E-state index is 12.4. The van der Waals surface area contributed by atoms with E-state index in [0.29, 0.717) is 17.1 Å². The van der Waals surface area contributed by atoms with Crippen LogP contribution in [-0.2, 0) is 5.60 Å². The number of nitrogens with one attached hydrogen (secondary N) is 1. The lowest BCUT2D eigenvalue weighted by Crippen LogP contribution is -2.39. The molecule has 24 heavy (non-hydrogen) atoms. The minimum atomic E-state index is -3.03. The first-order valence-corrected chi connectivity index (χ1v) is 7.32. The zero-order valence-electron chi connectivity index (χ0n) is 13.6. The van der Waals surface area contributed by atoms with Crippen LogP contribution in [0.5, 0.6) is 5.75 Å². The Hall–Kier alpha value is -2.41. The van der Waals surface area contributed by atoms with E-state index in [2.05, 4.69) is 10.1 Å². The van der Waals surface area contributed by atoms with Gasteiger partial charge >= 0.3 is 6.61 Å². The monoisotopic (exact) mass is 339 g/mol. The maximum Gasteiger partial charge on any atom is 0.387 e. The van der Waals surface area contributed by atoms with Gasteiger partial charge < -0.3 is 19.6 Å². The van der Waals surface area contributed by atoms with Gasteiger partial charge in [0.2, 0.25) is 0 Å². The first-order valence-electron chi connectivity index (χ1n) is 7.32. The summed E-state index contributed by atoms with van der Waals surface area (Å²) in [6.45, 7) is 1.85. The van der Waals surface area contributed by atoms with E-state index >= 15 is 0 Å². The molecule has 0 aliphatic heterocycles. The molecule has 0 aliphatic carbocycles. The molecule has 5 nitrogen and oxygen atoms in total. The van der Waals surface area contributed by atoms with E-state index < -0.39 is 18.1 Å². The SMILES string of the molecule is Cc1cc([C@](C)(O)CNC(=O)c2ccccc2OC(F)F)c(C)o1. The van der Waals surface area contributed by atoms with Crippen LogP contribution in [0.25, 0.3) is 0 Å². The Morgan fingerprint density at radius 1 is 1.38 bits per heavy atom. The van der Waals surface area contributed by atoms with E-state index in [1.165, 1.54) is 31.2 Å². The summed E-state index contributed by atoms with van der Waals surface area (Å²) in [6.07, 6.45) is 0. The van der Waals surface area contributed by atoms with Crippen molar-refractivity contribution in [2.75, 3.05) is 6.54 Å². The molecule has 0 radical (unpaired) electrons. The average Bonchev–Trinajstić information content (AvgIpc) is 2.84. The second-order valence-corrected chi connectivity index (χ2v) is 5.66. The number of para-hydroxylation sites is 1. The second kappa shape index (κ2) is 7.00. The number of furan rings is 1. The number of alkyl halides is 2. The quantitative estimate of drug-likeness (QED) is 0.848. The number of hydrogen-bond donors (Lipinski definition) is 2. The Balaban J connectivity index is 2.12. The first kappa shape index (κ1) is 17.9. The zero-order valence-corrected chi connectivity index (χ0v) is 13.6. The number of aliphatic hydroxyl groups is 1. The predicted octanol–water partition coefficient (Wildman–Crippen LogP) is 3.14. The van der Waals surface area contributed by atoms with E-state index in [4.69, 9.17) is 4.42 Å². The van der Waals surface area contributed by atoms with E-state index in [9.17, 15) is 18.7 Å². The summed E-state index contributed by atoms with van der Waals surface area (Å²) in [5, 5.41) is 13.1. The fourth-order valence-electron chi connectivity index (χ4n) is 2.46. The molecule has 1 atom stereocenters. The second-order valence-electron chi connectivity index (χ2n) is 5.66. The number of carbonyl (C=O) groups is 1. The topological polar surface area (TPSA) is 71.7 Å². The minimum Gasteiger partial charge on any atom is -0.466 e. The fraction of sp³-hybridized carbons (Fsp3) is 0.353. The number of benzene rings is 1. The Morgan fingerprint density at radius 2 is 2.04 bits per heavy atom. The molecular formula is C17H19F2NO4. The number of halogens is 2. The highest BCUT2D eigenvalue weighted by atomic mass is 19.3. The Labute approximate surface area is 138 Å². The molecule has 0 bridgehead atoms. The van der Waals surface area contributed by atoms with Crippen molar-refractivity contribution >= 4 is 5.91 Å². The Morgan fingerprint density at radius 3 is 2.62 bits per heavy atom. The van der Waals surface area contributed by atoms with E-state index in [1.807, 2.05) is 0 Å². The van der Waals surface area contributed by atoms with Gasteiger partial charge in [-0.3, -0.25) is 4.79 Å². The summed E-state index contributed by atoms with van der Waals surface area (Å²) in [5.41, 5.74) is -0.846. The van der Waals surface area contributed by atoms with Crippen molar-refractivity contribution in [3.63, 3.8) is 0 Å². The van der Waals surface area contributed by atoms with Gasteiger partial charge in [0.05, 0.1) is 12.1 Å². The lowest BCUT2D eigenvalue weighted by atomic mass is 9.96. The molecule has 2 N–H and O–H groups in total. The maximum absolute atomic E-state index is 12.4. The number of aryl methyl sites for hydroxylation is 2. The zero-order chi connectivity index (χ0) is 17.9. The van der Waals surface area contributed by atoms with Gasteiger partial charge in [-0.25, -0.2) is 0 Å². The normalized spacial score (nSPS) is 13.6.